The quantitative estimate of drug-likeness (QED) is 0.852. The molecule has 1 aliphatic rings. The molecule has 0 amide bonds. The van der Waals surface area contributed by atoms with E-state index in [2.05, 4.69) is 12.2 Å². The van der Waals surface area contributed by atoms with Gasteiger partial charge in [-0.15, -0.1) is 11.3 Å². The van der Waals surface area contributed by atoms with Gasteiger partial charge in [-0.1, -0.05) is 23.2 Å². The molecule has 1 fully saturated rings. The van der Waals surface area contributed by atoms with Crippen LogP contribution in [0.25, 0.3) is 0 Å². The number of halogens is 2. The van der Waals surface area contributed by atoms with Gasteiger partial charge in [0.1, 0.15) is 4.34 Å². The largest absolute Gasteiger partial charge is 0.307 e. The Morgan fingerprint density at radius 1 is 1.50 bits per heavy atom. The average Bonchev–Trinajstić information content (AvgIpc) is 2.42. The van der Waals surface area contributed by atoms with Gasteiger partial charge in [0.25, 0.3) is 0 Å². The third kappa shape index (κ3) is 2.08. The minimum Gasteiger partial charge on any atom is -0.307 e. The Morgan fingerprint density at radius 2 is 2.21 bits per heavy atom. The highest BCUT2D eigenvalue weighted by Crippen LogP contribution is 2.34. The molecule has 1 saturated carbocycles. The second kappa shape index (κ2) is 4.01. The van der Waals surface area contributed by atoms with Crippen LogP contribution in [0.1, 0.15) is 31.7 Å². The SMILES string of the molecule is CC1(NCc2csc(Cl)c2Cl)CCC1. The van der Waals surface area contributed by atoms with Crippen LogP contribution in [0.3, 0.4) is 0 Å². The zero-order chi connectivity index (χ0) is 10.2. The van der Waals surface area contributed by atoms with Gasteiger partial charge in [-0.2, -0.15) is 0 Å². The number of nitrogens with one attached hydrogen (secondary N) is 1. The number of thiophene rings is 1. The number of hydrogen-bond acceptors (Lipinski definition) is 2. The van der Waals surface area contributed by atoms with E-state index in [1.807, 2.05) is 5.38 Å². The molecule has 0 unspecified atom stereocenters. The molecule has 1 aromatic rings. The van der Waals surface area contributed by atoms with Crippen molar-refractivity contribution in [2.24, 2.45) is 0 Å². The summed E-state index contributed by atoms with van der Waals surface area (Å²) in [7, 11) is 0. The molecule has 1 aliphatic carbocycles. The molecule has 0 radical (unpaired) electrons. The predicted molar refractivity (Wildman–Crippen MR) is 63.4 cm³/mol. The van der Waals surface area contributed by atoms with E-state index in [0.717, 1.165) is 12.1 Å². The molecule has 78 valence electrons. The first-order valence-corrected chi connectivity index (χ1v) is 6.41. The van der Waals surface area contributed by atoms with Crippen LogP contribution in [0.15, 0.2) is 5.38 Å². The lowest BCUT2D eigenvalue weighted by Crippen LogP contribution is -2.47. The van der Waals surface area contributed by atoms with E-state index in [4.69, 9.17) is 23.2 Å². The summed E-state index contributed by atoms with van der Waals surface area (Å²) in [5.74, 6) is 0. The third-order valence-electron chi connectivity index (χ3n) is 2.92. The topological polar surface area (TPSA) is 12.0 Å². The minimum absolute atomic E-state index is 0.331. The predicted octanol–water partition coefficient (Wildman–Crippen LogP) is 4.09. The van der Waals surface area contributed by atoms with Crippen molar-refractivity contribution in [3.05, 3.63) is 20.3 Å². The van der Waals surface area contributed by atoms with Crippen LogP contribution in [-0.4, -0.2) is 5.54 Å². The standard InChI is InChI=1S/C10H13Cl2NS/c1-10(3-2-4-10)13-5-7-6-14-9(12)8(7)11/h6,13H,2-5H2,1H3. The van der Waals surface area contributed by atoms with Crippen molar-refractivity contribution >= 4 is 34.5 Å². The molecule has 14 heavy (non-hydrogen) atoms. The van der Waals surface area contributed by atoms with Gasteiger partial charge in [0.15, 0.2) is 0 Å². The Morgan fingerprint density at radius 3 is 2.64 bits per heavy atom. The van der Waals surface area contributed by atoms with Crippen LogP contribution in [-0.2, 0) is 6.54 Å². The maximum Gasteiger partial charge on any atom is 0.112 e. The van der Waals surface area contributed by atoms with Gasteiger partial charge in [-0.25, -0.2) is 0 Å². The molecule has 1 aromatic heterocycles. The smallest absolute Gasteiger partial charge is 0.112 e. The lowest BCUT2D eigenvalue weighted by molar-refractivity contribution is 0.207. The molecule has 0 saturated heterocycles. The molecule has 0 spiro atoms. The van der Waals surface area contributed by atoms with Crippen molar-refractivity contribution < 1.29 is 0 Å². The Balaban J connectivity index is 1.94. The second-order valence-electron chi connectivity index (χ2n) is 4.12. The average molecular weight is 250 g/mol. The summed E-state index contributed by atoms with van der Waals surface area (Å²) in [5, 5.41) is 6.27. The lowest BCUT2D eigenvalue weighted by atomic mass is 9.78. The summed E-state index contributed by atoms with van der Waals surface area (Å²) >= 11 is 13.4. The fourth-order valence-corrected chi connectivity index (χ4v) is 2.92. The normalized spacial score (nSPS) is 19.4. The molecule has 0 bridgehead atoms. The molecule has 4 heteroatoms. The van der Waals surface area contributed by atoms with Gasteiger partial charge in [0, 0.05) is 12.1 Å². The van der Waals surface area contributed by atoms with E-state index < -0.39 is 0 Å². The van der Waals surface area contributed by atoms with Crippen molar-refractivity contribution in [2.45, 2.75) is 38.3 Å². The molecule has 1 nitrogen and oxygen atoms in total. The summed E-state index contributed by atoms with van der Waals surface area (Å²) in [6, 6.07) is 0. The maximum atomic E-state index is 6.04. The summed E-state index contributed by atoms with van der Waals surface area (Å²) in [5.41, 5.74) is 1.45. The van der Waals surface area contributed by atoms with Gasteiger partial charge < -0.3 is 5.32 Å². The molecule has 2 rings (SSSR count). The molecule has 1 heterocycles. The zero-order valence-electron chi connectivity index (χ0n) is 8.07. The molecular formula is C10H13Cl2NS. The first-order valence-electron chi connectivity index (χ1n) is 4.77. The van der Waals surface area contributed by atoms with Gasteiger partial charge in [-0.05, 0) is 37.1 Å². The highest BCUT2D eigenvalue weighted by molar-refractivity contribution is 7.15. The monoisotopic (exact) mass is 249 g/mol. The molecule has 0 aromatic carbocycles. The van der Waals surface area contributed by atoms with Crippen LogP contribution < -0.4 is 5.32 Å². The fraction of sp³-hybridized carbons (Fsp3) is 0.600. The van der Waals surface area contributed by atoms with Crippen molar-refractivity contribution in [2.75, 3.05) is 0 Å². The van der Waals surface area contributed by atoms with Crippen molar-refractivity contribution in [1.82, 2.24) is 5.32 Å². The van der Waals surface area contributed by atoms with E-state index in [9.17, 15) is 0 Å². The zero-order valence-corrected chi connectivity index (χ0v) is 10.4. The third-order valence-corrected chi connectivity index (χ3v) is 4.83. The van der Waals surface area contributed by atoms with Crippen LogP contribution in [0, 0.1) is 0 Å². The van der Waals surface area contributed by atoms with Crippen molar-refractivity contribution in [3.63, 3.8) is 0 Å². The van der Waals surface area contributed by atoms with Gasteiger partial charge >= 0.3 is 0 Å². The maximum absolute atomic E-state index is 6.04. The van der Waals surface area contributed by atoms with E-state index >= 15 is 0 Å². The lowest BCUT2D eigenvalue weighted by Gasteiger charge is -2.39. The van der Waals surface area contributed by atoms with Crippen molar-refractivity contribution in [1.29, 1.82) is 0 Å². The van der Waals surface area contributed by atoms with Gasteiger partial charge in [0.2, 0.25) is 0 Å². The number of rotatable bonds is 3. The van der Waals surface area contributed by atoms with Crippen LogP contribution >= 0.6 is 34.5 Å². The second-order valence-corrected chi connectivity index (χ2v) is 5.98. The van der Waals surface area contributed by atoms with Crippen molar-refractivity contribution in [3.8, 4) is 0 Å². The van der Waals surface area contributed by atoms with Crippen LogP contribution in [0.2, 0.25) is 9.36 Å². The Bertz CT molecular complexity index is 331. The Hall–Kier alpha value is 0.240. The Kier molecular flexibility index (Phi) is 3.08. The van der Waals surface area contributed by atoms with E-state index in [1.165, 1.54) is 30.6 Å². The van der Waals surface area contributed by atoms with E-state index in [1.54, 1.807) is 0 Å². The van der Waals surface area contributed by atoms with Crippen LogP contribution in [0.4, 0.5) is 0 Å². The van der Waals surface area contributed by atoms with E-state index in [-0.39, 0.29) is 0 Å². The first-order chi connectivity index (χ1) is 6.61. The summed E-state index contributed by atoms with van der Waals surface area (Å²) in [6.45, 7) is 3.09. The molecular weight excluding hydrogens is 237 g/mol. The summed E-state index contributed by atoms with van der Waals surface area (Å²) in [6.07, 6.45) is 3.87. The summed E-state index contributed by atoms with van der Waals surface area (Å²) in [4.78, 5) is 0. The highest BCUT2D eigenvalue weighted by atomic mass is 35.5. The van der Waals surface area contributed by atoms with Crippen LogP contribution in [0.5, 0.6) is 0 Å². The molecule has 0 atom stereocenters. The molecule has 1 N–H and O–H groups in total. The highest BCUT2D eigenvalue weighted by Gasteiger charge is 2.30. The first kappa shape index (κ1) is 10.7. The van der Waals surface area contributed by atoms with Gasteiger partial charge in [0.05, 0.1) is 5.02 Å². The molecule has 0 aliphatic heterocycles. The minimum atomic E-state index is 0.331. The Labute approximate surface area is 98.4 Å². The fourth-order valence-electron chi connectivity index (χ4n) is 1.66. The van der Waals surface area contributed by atoms with Gasteiger partial charge in [-0.3, -0.25) is 0 Å². The number of hydrogen-bond donors (Lipinski definition) is 1. The van der Waals surface area contributed by atoms with E-state index in [0.29, 0.717) is 14.9 Å². The summed E-state index contributed by atoms with van der Waals surface area (Å²) < 4.78 is 0.697.